The number of hydrogen-bond donors (Lipinski definition) is 3. The van der Waals surface area contributed by atoms with Gasteiger partial charge in [0.2, 0.25) is 0 Å². The maximum atomic E-state index is 12.5. The van der Waals surface area contributed by atoms with E-state index >= 15 is 0 Å². The van der Waals surface area contributed by atoms with Crippen LogP contribution in [0.25, 0.3) is 0 Å². The van der Waals surface area contributed by atoms with Gasteiger partial charge in [0.05, 0.1) is 6.61 Å². The first-order chi connectivity index (χ1) is 13.9. The number of carbonyl (C=O) groups is 3. The molecule has 1 aromatic rings. The van der Waals surface area contributed by atoms with E-state index in [0.717, 1.165) is 5.56 Å². The average Bonchev–Trinajstić information content (AvgIpc) is 2.62. The minimum atomic E-state index is -4.18. The summed E-state index contributed by atoms with van der Waals surface area (Å²) in [6.07, 6.45) is -2.57. The number of ketones is 1. The Morgan fingerprint density at radius 1 is 1.13 bits per heavy atom. The molecule has 0 radical (unpaired) electrons. The second-order valence-corrected chi connectivity index (χ2v) is 9.17. The van der Waals surface area contributed by atoms with Crippen LogP contribution in [0.3, 0.4) is 0 Å². The molecule has 2 amide bonds. The molecule has 0 bridgehead atoms. The van der Waals surface area contributed by atoms with Crippen molar-refractivity contribution >= 4 is 25.6 Å². The van der Waals surface area contributed by atoms with E-state index in [9.17, 15) is 23.8 Å². The van der Waals surface area contributed by atoms with Gasteiger partial charge in [0.1, 0.15) is 24.4 Å². The van der Waals surface area contributed by atoms with E-state index in [2.05, 4.69) is 15.2 Å². The third kappa shape index (κ3) is 10.9. The molecular formula is C19H29N2O8P. The highest BCUT2D eigenvalue weighted by Crippen LogP contribution is 2.41. The maximum absolute atomic E-state index is 12.5. The summed E-state index contributed by atoms with van der Waals surface area (Å²) in [6, 6.07) is 7.56. The quantitative estimate of drug-likeness (QED) is 0.468. The molecular weight excluding hydrogens is 415 g/mol. The molecule has 2 unspecified atom stereocenters. The molecule has 1 rings (SSSR count). The molecule has 0 fully saturated rings. The van der Waals surface area contributed by atoms with E-state index in [1.807, 2.05) is 6.07 Å². The van der Waals surface area contributed by atoms with Gasteiger partial charge >= 0.3 is 19.8 Å². The molecule has 0 saturated heterocycles. The van der Waals surface area contributed by atoms with Crippen LogP contribution in [0.2, 0.25) is 0 Å². The third-order valence-electron chi connectivity index (χ3n) is 3.43. The van der Waals surface area contributed by atoms with E-state index in [4.69, 9.17) is 9.47 Å². The molecule has 0 heterocycles. The zero-order valence-electron chi connectivity index (χ0n) is 17.5. The molecule has 0 aliphatic rings. The van der Waals surface area contributed by atoms with Crippen molar-refractivity contribution in [3.8, 4) is 0 Å². The van der Waals surface area contributed by atoms with E-state index in [1.54, 1.807) is 45.0 Å². The summed E-state index contributed by atoms with van der Waals surface area (Å²) >= 11 is 0. The molecule has 3 N–H and O–H groups in total. The normalized spacial score (nSPS) is 14.2. The fraction of sp³-hybridized carbons (Fsp3) is 0.526. The van der Waals surface area contributed by atoms with Crippen LogP contribution in [0.4, 0.5) is 9.59 Å². The van der Waals surface area contributed by atoms with Gasteiger partial charge in [0, 0.05) is 6.54 Å². The molecule has 0 saturated carbocycles. The highest BCUT2D eigenvalue weighted by atomic mass is 31.2. The third-order valence-corrected chi connectivity index (χ3v) is 4.80. The SMILES string of the molecule is CCOP(=O)(O)CC(=O)C(CNC(=O)OC(C)(C)C)NC(=O)OCc1ccccc1. The van der Waals surface area contributed by atoms with Crippen molar-refractivity contribution in [2.75, 3.05) is 19.3 Å². The van der Waals surface area contributed by atoms with E-state index in [-0.39, 0.29) is 19.8 Å². The summed E-state index contributed by atoms with van der Waals surface area (Å²) in [4.78, 5) is 46.1. The predicted octanol–water partition coefficient (Wildman–Crippen LogP) is 2.60. The van der Waals surface area contributed by atoms with Crippen molar-refractivity contribution in [3.05, 3.63) is 35.9 Å². The van der Waals surface area contributed by atoms with Gasteiger partial charge in [-0.2, -0.15) is 0 Å². The predicted molar refractivity (Wildman–Crippen MR) is 109 cm³/mol. The summed E-state index contributed by atoms with van der Waals surface area (Å²) in [5.41, 5.74) is -0.0277. The number of Topliss-reactive ketones (excluding diaryl/α,β-unsaturated/α-hetero) is 1. The molecule has 168 valence electrons. The molecule has 1 aromatic carbocycles. The lowest BCUT2D eigenvalue weighted by Gasteiger charge is -2.22. The number of amides is 2. The fourth-order valence-corrected chi connectivity index (χ4v) is 3.32. The first-order valence-corrected chi connectivity index (χ1v) is 11.1. The van der Waals surface area contributed by atoms with Gasteiger partial charge in [-0.1, -0.05) is 30.3 Å². The summed E-state index contributed by atoms with van der Waals surface area (Å²) < 4.78 is 26.7. The van der Waals surface area contributed by atoms with Crippen LogP contribution < -0.4 is 10.6 Å². The Labute approximate surface area is 175 Å². The molecule has 0 spiro atoms. The average molecular weight is 444 g/mol. The Morgan fingerprint density at radius 2 is 1.77 bits per heavy atom. The number of carbonyl (C=O) groups excluding carboxylic acids is 3. The van der Waals surface area contributed by atoms with Crippen molar-refractivity contribution < 1.29 is 37.8 Å². The van der Waals surface area contributed by atoms with E-state index in [1.165, 1.54) is 6.92 Å². The lowest BCUT2D eigenvalue weighted by atomic mass is 10.2. The topological polar surface area (TPSA) is 140 Å². The van der Waals surface area contributed by atoms with Crippen LogP contribution in [0, 0.1) is 0 Å². The van der Waals surface area contributed by atoms with Crippen molar-refractivity contribution in [1.82, 2.24) is 10.6 Å². The smallest absolute Gasteiger partial charge is 0.408 e. The monoisotopic (exact) mass is 444 g/mol. The molecule has 2 atom stereocenters. The van der Waals surface area contributed by atoms with Crippen molar-refractivity contribution in [3.63, 3.8) is 0 Å². The van der Waals surface area contributed by atoms with Crippen LogP contribution in [0.15, 0.2) is 30.3 Å². The second kappa shape index (κ2) is 11.7. The van der Waals surface area contributed by atoms with Crippen LogP contribution in [0.1, 0.15) is 33.3 Å². The fourth-order valence-electron chi connectivity index (χ4n) is 2.21. The highest BCUT2D eigenvalue weighted by molar-refractivity contribution is 7.53. The number of benzene rings is 1. The molecule has 11 heteroatoms. The second-order valence-electron chi connectivity index (χ2n) is 7.32. The lowest BCUT2D eigenvalue weighted by molar-refractivity contribution is -0.118. The molecule has 0 aromatic heterocycles. The largest absolute Gasteiger partial charge is 0.445 e. The molecule has 0 aliphatic carbocycles. The highest BCUT2D eigenvalue weighted by Gasteiger charge is 2.31. The number of ether oxygens (including phenoxy) is 2. The summed E-state index contributed by atoms with van der Waals surface area (Å²) in [5.74, 6) is -0.804. The van der Waals surface area contributed by atoms with Gasteiger partial charge in [-0.15, -0.1) is 0 Å². The molecule has 30 heavy (non-hydrogen) atoms. The summed E-state index contributed by atoms with van der Waals surface area (Å²) in [5, 5.41) is 4.65. The van der Waals surface area contributed by atoms with Gasteiger partial charge in [0.15, 0.2) is 5.78 Å². The van der Waals surface area contributed by atoms with Gasteiger partial charge < -0.3 is 29.5 Å². The standard InChI is InChI=1S/C19H29N2O8P/c1-5-28-30(25,26)13-16(22)15(11-20-17(23)29-19(2,3)4)21-18(24)27-12-14-9-7-6-8-10-14/h6-10,15H,5,11-13H2,1-4H3,(H,20,23)(H,21,24)(H,25,26). The van der Waals surface area contributed by atoms with E-state index < -0.39 is 43.4 Å². The van der Waals surface area contributed by atoms with Crippen molar-refractivity contribution in [2.45, 2.75) is 45.9 Å². The van der Waals surface area contributed by atoms with Gasteiger partial charge in [-0.05, 0) is 33.3 Å². The van der Waals surface area contributed by atoms with Crippen molar-refractivity contribution in [1.29, 1.82) is 0 Å². The number of nitrogens with one attached hydrogen (secondary N) is 2. The lowest BCUT2D eigenvalue weighted by Crippen LogP contribution is -2.50. The Morgan fingerprint density at radius 3 is 2.33 bits per heavy atom. The van der Waals surface area contributed by atoms with E-state index in [0.29, 0.717) is 0 Å². The zero-order valence-corrected chi connectivity index (χ0v) is 18.4. The molecule has 0 aliphatic heterocycles. The first-order valence-electron chi connectivity index (χ1n) is 9.35. The van der Waals surface area contributed by atoms with Gasteiger partial charge in [-0.25, -0.2) is 9.59 Å². The minimum absolute atomic E-state index is 0.0372. The Kier molecular flexibility index (Phi) is 9.98. The van der Waals surface area contributed by atoms with Crippen LogP contribution in [-0.2, 0) is 30.0 Å². The zero-order chi connectivity index (χ0) is 22.8. The summed E-state index contributed by atoms with van der Waals surface area (Å²) in [7, 11) is -4.18. The molecule has 10 nitrogen and oxygen atoms in total. The number of alkyl carbamates (subject to hydrolysis) is 2. The first kappa shape index (κ1) is 25.6. The van der Waals surface area contributed by atoms with Crippen LogP contribution >= 0.6 is 7.60 Å². The maximum Gasteiger partial charge on any atom is 0.408 e. The minimum Gasteiger partial charge on any atom is -0.445 e. The van der Waals surface area contributed by atoms with Gasteiger partial charge in [0.25, 0.3) is 0 Å². The Bertz CT molecular complexity index is 764. The number of rotatable bonds is 10. The van der Waals surface area contributed by atoms with Crippen LogP contribution in [-0.4, -0.2) is 53.8 Å². The van der Waals surface area contributed by atoms with Crippen molar-refractivity contribution in [2.24, 2.45) is 0 Å². The summed E-state index contributed by atoms with van der Waals surface area (Å²) in [6.45, 7) is 6.04. The van der Waals surface area contributed by atoms with Gasteiger partial charge in [-0.3, -0.25) is 9.36 Å². The Hall–Kier alpha value is -2.42. The van der Waals surface area contributed by atoms with Crippen LogP contribution in [0.5, 0.6) is 0 Å². The number of hydrogen-bond acceptors (Lipinski definition) is 7. The Balaban J connectivity index is 2.74.